The van der Waals surface area contributed by atoms with Gasteiger partial charge in [-0.25, -0.2) is 8.42 Å². The highest BCUT2D eigenvalue weighted by Crippen LogP contribution is 2.25. The Bertz CT molecular complexity index is 1150. The monoisotopic (exact) mass is 450 g/mol. The molecule has 3 aromatic carbocycles. The molecule has 0 fully saturated rings. The maximum atomic E-state index is 13.4. The second-order valence-electron chi connectivity index (χ2n) is 7.86. The lowest BCUT2D eigenvalue weighted by Gasteiger charge is -2.23. The van der Waals surface area contributed by atoms with Crippen molar-refractivity contribution >= 4 is 21.5 Å². The summed E-state index contributed by atoms with van der Waals surface area (Å²) in [4.78, 5) is 15.7. The summed E-state index contributed by atoms with van der Waals surface area (Å²) in [5, 5.41) is 0. The molecule has 0 radical (unpaired) electrons. The maximum Gasteiger partial charge on any atom is 0.241 e. The number of Topliss-reactive ketones (excluding diaryl/α,β-unsaturated/α-hetero) is 1. The van der Waals surface area contributed by atoms with Crippen molar-refractivity contribution in [2.24, 2.45) is 0 Å². The number of carbonyl (C=O) groups is 1. The fourth-order valence-electron chi connectivity index (χ4n) is 3.56. The topological polar surface area (TPSA) is 66.5 Å². The first-order chi connectivity index (χ1) is 15.2. The smallest absolute Gasteiger partial charge is 0.241 e. The minimum atomic E-state index is -3.90. The van der Waals surface area contributed by atoms with Crippen LogP contribution in [0.5, 0.6) is 0 Å². The molecule has 3 aromatic rings. The first-order valence-corrected chi connectivity index (χ1v) is 12.3. The van der Waals surface area contributed by atoms with Crippen LogP contribution in [0.2, 0.25) is 0 Å². The zero-order valence-electron chi connectivity index (χ0n) is 19.0. The molecular weight excluding hydrogens is 420 g/mol. The van der Waals surface area contributed by atoms with E-state index in [0.717, 1.165) is 29.9 Å². The van der Waals surface area contributed by atoms with Crippen molar-refractivity contribution in [2.45, 2.75) is 38.6 Å². The lowest BCUT2D eigenvalue weighted by atomic mass is 9.97. The number of aryl methyl sites for hydroxylation is 2. The second-order valence-corrected chi connectivity index (χ2v) is 9.58. The lowest BCUT2D eigenvalue weighted by Crippen LogP contribution is -2.34. The minimum Gasteiger partial charge on any atom is -0.372 e. The molecule has 168 valence electrons. The van der Waals surface area contributed by atoms with Crippen LogP contribution < -0.4 is 9.62 Å². The van der Waals surface area contributed by atoms with Crippen molar-refractivity contribution in [3.63, 3.8) is 0 Å². The molecule has 0 aliphatic rings. The van der Waals surface area contributed by atoms with E-state index in [2.05, 4.69) is 23.5 Å². The van der Waals surface area contributed by atoms with Gasteiger partial charge in [0.25, 0.3) is 0 Å². The van der Waals surface area contributed by atoms with Crippen LogP contribution in [0.15, 0.2) is 77.7 Å². The Hall–Kier alpha value is -2.96. The Morgan fingerprint density at radius 2 is 1.31 bits per heavy atom. The Labute approximate surface area is 191 Å². The van der Waals surface area contributed by atoms with E-state index >= 15 is 0 Å². The Kier molecular flexibility index (Phi) is 7.48. The van der Waals surface area contributed by atoms with Gasteiger partial charge in [-0.05, 0) is 57.5 Å². The first-order valence-electron chi connectivity index (χ1n) is 10.8. The third kappa shape index (κ3) is 5.44. The molecule has 0 saturated carbocycles. The summed E-state index contributed by atoms with van der Waals surface area (Å²) >= 11 is 0. The van der Waals surface area contributed by atoms with Gasteiger partial charge < -0.3 is 4.90 Å². The van der Waals surface area contributed by atoms with Crippen LogP contribution in [0.3, 0.4) is 0 Å². The van der Waals surface area contributed by atoms with Crippen molar-refractivity contribution in [3.05, 3.63) is 95.1 Å². The predicted molar refractivity (Wildman–Crippen MR) is 130 cm³/mol. The van der Waals surface area contributed by atoms with Crippen molar-refractivity contribution in [1.29, 1.82) is 0 Å². The number of nitrogens with zero attached hydrogens (tertiary/aromatic N) is 1. The molecule has 1 atom stereocenters. The molecule has 0 heterocycles. The molecule has 6 heteroatoms. The van der Waals surface area contributed by atoms with Gasteiger partial charge in [0.05, 0.1) is 4.90 Å². The zero-order chi connectivity index (χ0) is 23.3. The van der Waals surface area contributed by atoms with Gasteiger partial charge in [-0.1, -0.05) is 59.7 Å². The van der Waals surface area contributed by atoms with E-state index in [1.807, 2.05) is 50.2 Å². The highest BCUT2D eigenvalue weighted by molar-refractivity contribution is 7.89. The van der Waals surface area contributed by atoms with E-state index < -0.39 is 16.1 Å². The fraction of sp³-hybridized carbons (Fsp3) is 0.269. The van der Waals surface area contributed by atoms with Crippen molar-refractivity contribution in [2.75, 3.05) is 18.0 Å². The molecule has 0 bridgehead atoms. The molecule has 1 unspecified atom stereocenters. The van der Waals surface area contributed by atoms with Gasteiger partial charge in [0, 0.05) is 24.3 Å². The standard InChI is InChI=1S/C26H30N2O3S/c1-5-28(6-2)23-15-13-21(14-16-23)25(26(29)22-11-7-19(3)8-12-22)27-32(30,31)24-17-9-20(4)10-18-24/h7-18,25,27H,5-6H2,1-4H3. The summed E-state index contributed by atoms with van der Waals surface area (Å²) < 4.78 is 28.9. The van der Waals surface area contributed by atoms with Crippen molar-refractivity contribution in [1.82, 2.24) is 4.72 Å². The average molecular weight is 451 g/mol. The van der Waals surface area contributed by atoms with Gasteiger partial charge >= 0.3 is 0 Å². The molecule has 0 aliphatic heterocycles. The second kappa shape index (κ2) is 10.1. The molecule has 0 aliphatic carbocycles. The summed E-state index contributed by atoms with van der Waals surface area (Å²) in [6, 6.07) is 20.2. The summed E-state index contributed by atoms with van der Waals surface area (Å²) in [5.74, 6) is -0.295. The number of hydrogen-bond acceptors (Lipinski definition) is 4. The number of rotatable bonds is 9. The first kappa shape index (κ1) is 23.7. The summed E-state index contributed by atoms with van der Waals surface area (Å²) in [6.45, 7) is 9.72. The molecule has 3 rings (SSSR count). The van der Waals surface area contributed by atoms with Crippen LogP contribution in [0.25, 0.3) is 0 Å². The molecule has 1 N–H and O–H groups in total. The third-order valence-electron chi connectivity index (χ3n) is 5.56. The lowest BCUT2D eigenvalue weighted by molar-refractivity contribution is 0.0953. The number of anilines is 1. The summed E-state index contributed by atoms with van der Waals surface area (Å²) in [6.07, 6.45) is 0. The van der Waals surface area contributed by atoms with Crippen molar-refractivity contribution in [3.8, 4) is 0 Å². The van der Waals surface area contributed by atoms with Crippen LogP contribution in [0.4, 0.5) is 5.69 Å². The number of hydrogen-bond donors (Lipinski definition) is 1. The van der Waals surface area contributed by atoms with Gasteiger partial charge in [-0.15, -0.1) is 0 Å². The SMILES string of the molecule is CCN(CC)c1ccc(C(NS(=O)(=O)c2ccc(C)cc2)C(=O)c2ccc(C)cc2)cc1. The van der Waals surface area contributed by atoms with E-state index in [1.54, 1.807) is 36.4 Å². The van der Waals surface area contributed by atoms with Crippen LogP contribution in [0, 0.1) is 13.8 Å². The van der Waals surface area contributed by atoms with Crippen LogP contribution in [-0.2, 0) is 10.0 Å². The van der Waals surface area contributed by atoms with E-state index in [0.29, 0.717) is 11.1 Å². The van der Waals surface area contributed by atoms with Crippen LogP contribution in [-0.4, -0.2) is 27.3 Å². The number of nitrogens with one attached hydrogen (secondary N) is 1. The molecule has 5 nitrogen and oxygen atoms in total. The maximum absolute atomic E-state index is 13.4. The highest BCUT2D eigenvalue weighted by atomic mass is 32.2. The molecule has 0 spiro atoms. The number of ketones is 1. The largest absolute Gasteiger partial charge is 0.372 e. The highest BCUT2D eigenvalue weighted by Gasteiger charge is 2.28. The third-order valence-corrected chi connectivity index (χ3v) is 7.00. The zero-order valence-corrected chi connectivity index (χ0v) is 19.8. The fourth-order valence-corrected chi connectivity index (χ4v) is 4.75. The van der Waals surface area contributed by atoms with Crippen LogP contribution in [0.1, 0.15) is 46.9 Å². The van der Waals surface area contributed by atoms with E-state index in [-0.39, 0.29) is 10.7 Å². The Balaban J connectivity index is 2.00. The van der Waals surface area contributed by atoms with E-state index in [4.69, 9.17) is 0 Å². The normalized spacial score (nSPS) is 12.4. The summed E-state index contributed by atoms with van der Waals surface area (Å²) in [7, 11) is -3.90. The van der Waals surface area contributed by atoms with Gasteiger partial charge in [-0.3, -0.25) is 4.79 Å². The van der Waals surface area contributed by atoms with Crippen molar-refractivity contribution < 1.29 is 13.2 Å². The van der Waals surface area contributed by atoms with Gasteiger partial charge in [0.1, 0.15) is 6.04 Å². The molecular formula is C26H30N2O3S. The predicted octanol–water partition coefficient (Wildman–Crippen LogP) is 5.05. The molecule has 32 heavy (non-hydrogen) atoms. The Morgan fingerprint density at radius 1 is 0.812 bits per heavy atom. The number of sulfonamides is 1. The number of carbonyl (C=O) groups excluding carboxylic acids is 1. The van der Waals surface area contributed by atoms with Crippen LogP contribution >= 0.6 is 0 Å². The average Bonchev–Trinajstić information content (AvgIpc) is 2.79. The van der Waals surface area contributed by atoms with E-state index in [9.17, 15) is 13.2 Å². The van der Waals surface area contributed by atoms with Gasteiger partial charge in [0.15, 0.2) is 5.78 Å². The quantitative estimate of drug-likeness (QED) is 0.463. The molecule has 0 amide bonds. The molecule has 0 saturated heterocycles. The minimum absolute atomic E-state index is 0.129. The van der Waals surface area contributed by atoms with Gasteiger partial charge in [0.2, 0.25) is 10.0 Å². The number of benzene rings is 3. The Morgan fingerprint density at radius 3 is 1.81 bits per heavy atom. The van der Waals surface area contributed by atoms with Gasteiger partial charge in [-0.2, -0.15) is 4.72 Å². The van der Waals surface area contributed by atoms with E-state index in [1.165, 1.54) is 0 Å². The molecule has 0 aromatic heterocycles. The summed E-state index contributed by atoms with van der Waals surface area (Å²) in [5.41, 5.74) is 4.08.